The highest BCUT2D eigenvalue weighted by molar-refractivity contribution is 5.83. The van der Waals surface area contributed by atoms with Gasteiger partial charge in [0, 0.05) is 19.8 Å². The molecule has 0 aliphatic heterocycles. The van der Waals surface area contributed by atoms with E-state index in [-0.39, 0.29) is 0 Å². The van der Waals surface area contributed by atoms with Gasteiger partial charge in [0.1, 0.15) is 0 Å². The SMILES string of the molecule is CCC(C)C(C)=NN(C)C. The van der Waals surface area contributed by atoms with Crippen LogP contribution in [0.3, 0.4) is 0 Å². The molecule has 0 saturated carbocycles. The van der Waals surface area contributed by atoms with E-state index in [0.717, 1.165) is 0 Å². The standard InChI is InChI=1S/C8H18N2/c1-6-7(2)8(3)9-10(4)5/h7H,6H2,1-5H3. The Morgan fingerprint density at radius 2 is 2.00 bits per heavy atom. The predicted octanol–water partition coefficient (Wildman–Crippen LogP) is 1.97. The minimum absolute atomic E-state index is 0.613. The van der Waals surface area contributed by atoms with Gasteiger partial charge in [0.2, 0.25) is 0 Å². The lowest BCUT2D eigenvalue weighted by molar-refractivity contribution is 0.432. The van der Waals surface area contributed by atoms with Gasteiger partial charge in [-0.2, -0.15) is 5.10 Å². The molecular formula is C8H18N2. The van der Waals surface area contributed by atoms with Crippen LogP contribution in [0.2, 0.25) is 0 Å². The minimum Gasteiger partial charge on any atom is -0.303 e. The molecule has 0 radical (unpaired) electrons. The first kappa shape index (κ1) is 9.47. The minimum atomic E-state index is 0.613. The zero-order valence-electron chi connectivity index (χ0n) is 7.68. The third kappa shape index (κ3) is 3.49. The second-order valence-corrected chi connectivity index (χ2v) is 2.90. The van der Waals surface area contributed by atoms with Crippen LogP contribution in [0.1, 0.15) is 27.2 Å². The third-order valence-corrected chi connectivity index (χ3v) is 1.68. The molecule has 0 saturated heterocycles. The highest BCUT2D eigenvalue weighted by atomic mass is 15.4. The molecule has 0 rings (SSSR count). The molecule has 1 atom stereocenters. The number of hydrazone groups is 1. The first-order chi connectivity index (χ1) is 4.57. The van der Waals surface area contributed by atoms with Gasteiger partial charge in [-0.1, -0.05) is 13.8 Å². The largest absolute Gasteiger partial charge is 0.303 e. The van der Waals surface area contributed by atoms with Gasteiger partial charge in [0.05, 0.1) is 0 Å². The summed E-state index contributed by atoms with van der Waals surface area (Å²) in [4.78, 5) is 0. The molecule has 2 heteroatoms. The molecular weight excluding hydrogens is 124 g/mol. The maximum Gasteiger partial charge on any atom is 0.0377 e. The Hall–Kier alpha value is -0.530. The zero-order chi connectivity index (χ0) is 8.15. The summed E-state index contributed by atoms with van der Waals surface area (Å²) in [6.45, 7) is 6.45. The summed E-state index contributed by atoms with van der Waals surface area (Å²) in [7, 11) is 3.90. The maximum absolute atomic E-state index is 4.30. The van der Waals surface area contributed by atoms with Crippen LogP contribution in [0.15, 0.2) is 5.10 Å². The summed E-state index contributed by atoms with van der Waals surface area (Å²) < 4.78 is 0. The Kier molecular flexibility index (Phi) is 4.08. The smallest absolute Gasteiger partial charge is 0.0377 e. The van der Waals surface area contributed by atoms with Crippen molar-refractivity contribution in [3.05, 3.63) is 0 Å². The Morgan fingerprint density at radius 3 is 2.30 bits per heavy atom. The van der Waals surface area contributed by atoms with E-state index in [4.69, 9.17) is 0 Å². The number of nitrogens with zero attached hydrogens (tertiary/aromatic N) is 2. The van der Waals surface area contributed by atoms with Crippen LogP contribution in [-0.2, 0) is 0 Å². The van der Waals surface area contributed by atoms with Gasteiger partial charge < -0.3 is 5.01 Å². The average molecular weight is 142 g/mol. The summed E-state index contributed by atoms with van der Waals surface area (Å²) in [5, 5.41) is 6.15. The van der Waals surface area contributed by atoms with Crippen LogP contribution < -0.4 is 0 Å². The molecule has 0 amide bonds. The third-order valence-electron chi connectivity index (χ3n) is 1.68. The van der Waals surface area contributed by atoms with Crippen molar-refractivity contribution in [2.75, 3.05) is 14.1 Å². The highest BCUT2D eigenvalue weighted by Gasteiger charge is 2.01. The van der Waals surface area contributed by atoms with Crippen LogP contribution in [0.4, 0.5) is 0 Å². The fourth-order valence-corrected chi connectivity index (χ4v) is 0.709. The van der Waals surface area contributed by atoms with E-state index >= 15 is 0 Å². The molecule has 0 aromatic heterocycles. The van der Waals surface area contributed by atoms with E-state index in [2.05, 4.69) is 25.9 Å². The molecule has 1 unspecified atom stereocenters. The molecule has 0 spiro atoms. The normalized spacial score (nSPS) is 15.1. The molecule has 0 aromatic rings. The molecule has 0 heterocycles. The van der Waals surface area contributed by atoms with Gasteiger partial charge >= 0.3 is 0 Å². The Bertz CT molecular complexity index is 116. The molecule has 0 aliphatic carbocycles. The van der Waals surface area contributed by atoms with Crippen molar-refractivity contribution >= 4 is 5.71 Å². The quantitative estimate of drug-likeness (QED) is 0.434. The second-order valence-electron chi connectivity index (χ2n) is 2.90. The van der Waals surface area contributed by atoms with Gasteiger partial charge in [-0.3, -0.25) is 0 Å². The van der Waals surface area contributed by atoms with E-state index in [9.17, 15) is 0 Å². The predicted molar refractivity (Wildman–Crippen MR) is 46.3 cm³/mol. The van der Waals surface area contributed by atoms with Crippen molar-refractivity contribution in [3.63, 3.8) is 0 Å². The summed E-state index contributed by atoms with van der Waals surface area (Å²) in [5.74, 6) is 0.613. The first-order valence-corrected chi connectivity index (χ1v) is 3.80. The van der Waals surface area contributed by atoms with Crippen LogP contribution in [0.25, 0.3) is 0 Å². The van der Waals surface area contributed by atoms with E-state index in [1.165, 1.54) is 12.1 Å². The second kappa shape index (κ2) is 4.31. The van der Waals surface area contributed by atoms with Crippen LogP contribution in [0, 0.1) is 5.92 Å². The van der Waals surface area contributed by atoms with Gasteiger partial charge in [0.25, 0.3) is 0 Å². The highest BCUT2D eigenvalue weighted by Crippen LogP contribution is 2.03. The van der Waals surface area contributed by atoms with Crippen LogP contribution in [0.5, 0.6) is 0 Å². The monoisotopic (exact) mass is 142 g/mol. The Balaban J connectivity index is 3.91. The van der Waals surface area contributed by atoms with Gasteiger partial charge in [-0.25, -0.2) is 0 Å². The Labute approximate surface area is 63.9 Å². The summed E-state index contributed by atoms with van der Waals surface area (Å²) >= 11 is 0. The van der Waals surface area contributed by atoms with Crippen molar-refractivity contribution in [1.29, 1.82) is 0 Å². The van der Waals surface area contributed by atoms with Crippen LogP contribution in [-0.4, -0.2) is 24.8 Å². The lowest BCUT2D eigenvalue weighted by atomic mass is 10.1. The number of rotatable bonds is 3. The fraction of sp³-hybridized carbons (Fsp3) is 0.875. The number of hydrogen-bond acceptors (Lipinski definition) is 2. The summed E-state index contributed by atoms with van der Waals surface area (Å²) in [5.41, 5.74) is 1.22. The molecule has 10 heavy (non-hydrogen) atoms. The fourth-order valence-electron chi connectivity index (χ4n) is 0.709. The summed E-state index contributed by atoms with van der Waals surface area (Å²) in [6.07, 6.45) is 1.17. The summed E-state index contributed by atoms with van der Waals surface area (Å²) in [6, 6.07) is 0. The van der Waals surface area contributed by atoms with Gasteiger partial charge in [-0.15, -0.1) is 0 Å². The van der Waals surface area contributed by atoms with E-state index < -0.39 is 0 Å². The van der Waals surface area contributed by atoms with Crippen molar-refractivity contribution in [2.45, 2.75) is 27.2 Å². The lowest BCUT2D eigenvalue weighted by Crippen LogP contribution is -2.12. The molecule has 0 bridgehead atoms. The molecule has 0 aromatic carbocycles. The molecule has 60 valence electrons. The molecule has 0 aliphatic rings. The molecule has 0 N–H and O–H groups in total. The van der Waals surface area contributed by atoms with Crippen molar-refractivity contribution in [2.24, 2.45) is 11.0 Å². The van der Waals surface area contributed by atoms with Crippen molar-refractivity contribution in [3.8, 4) is 0 Å². The molecule has 0 fully saturated rings. The zero-order valence-corrected chi connectivity index (χ0v) is 7.68. The average Bonchev–Trinajstić information content (AvgIpc) is 1.85. The van der Waals surface area contributed by atoms with Crippen molar-refractivity contribution < 1.29 is 0 Å². The lowest BCUT2D eigenvalue weighted by Gasteiger charge is -2.11. The maximum atomic E-state index is 4.30. The van der Waals surface area contributed by atoms with E-state index in [1.807, 2.05) is 19.1 Å². The Morgan fingerprint density at radius 1 is 1.50 bits per heavy atom. The molecule has 2 nitrogen and oxygen atoms in total. The van der Waals surface area contributed by atoms with E-state index in [1.54, 1.807) is 0 Å². The number of hydrogen-bond donors (Lipinski definition) is 0. The van der Waals surface area contributed by atoms with Gasteiger partial charge in [-0.05, 0) is 19.3 Å². The van der Waals surface area contributed by atoms with Crippen LogP contribution >= 0.6 is 0 Å². The topological polar surface area (TPSA) is 15.6 Å². The van der Waals surface area contributed by atoms with Gasteiger partial charge in [0.15, 0.2) is 0 Å². The van der Waals surface area contributed by atoms with Crippen molar-refractivity contribution in [1.82, 2.24) is 5.01 Å². The van der Waals surface area contributed by atoms with E-state index in [0.29, 0.717) is 5.92 Å². The first-order valence-electron chi connectivity index (χ1n) is 3.80.